The third-order valence-electron chi connectivity index (χ3n) is 5.80. The van der Waals surface area contributed by atoms with Crippen LogP contribution in [0.25, 0.3) is 0 Å². The van der Waals surface area contributed by atoms with Crippen LogP contribution in [0.1, 0.15) is 39.4 Å². The largest absolute Gasteiger partial charge is 0.337 e. The van der Waals surface area contributed by atoms with Crippen LogP contribution in [0.15, 0.2) is 12.4 Å². The molecule has 100 valence electrons. The van der Waals surface area contributed by atoms with Crippen LogP contribution in [0, 0.1) is 23.2 Å². The minimum atomic E-state index is 0.584. The van der Waals surface area contributed by atoms with Gasteiger partial charge in [0.05, 0.1) is 6.54 Å². The van der Waals surface area contributed by atoms with Crippen molar-refractivity contribution in [2.24, 2.45) is 30.2 Å². The number of aryl methyl sites for hydroxylation is 1. The van der Waals surface area contributed by atoms with Crippen molar-refractivity contribution < 1.29 is 0 Å². The average molecular weight is 247 g/mol. The summed E-state index contributed by atoms with van der Waals surface area (Å²) in [7, 11) is 2.06. The molecule has 3 fully saturated rings. The summed E-state index contributed by atoms with van der Waals surface area (Å²) in [5.74, 6) is 3.78. The Morgan fingerprint density at radius 1 is 1.44 bits per heavy atom. The SMILES string of the molecule is C[C@@H]1[C@H]2C[C@@H](C[C@H]1NCc1nccn1C)C2(C)C. The van der Waals surface area contributed by atoms with Gasteiger partial charge in [0.2, 0.25) is 0 Å². The zero-order valence-electron chi connectivity index (χ0n) is 12.0. The summed E-state index contributed by atoms with van der Waals surface area (Å²) in [5.41, 5.74) is 0.584. The molecule has 0 unspecified atom stereocenters. The molecule has 4 rings (SSSR count). The predicted molar refractivity (Wildman–Crippen MR) is 73.0 cm³/mol. The highest BCUT2D eigenvalue weighted by molar-refractivity contribution is 5.07. The molecule has 0 aromatic carbocycles. The van der Waals surface area contributed by atoms with E-state index in [1.165, 1.54) is 12.8 Å². The van der Waals surface area contributed by atoms with Gasteiger partial charge in [-0.1, -0.05) is 20.8 Å². The van der Waals surface area contributed by atoms with Crippen molar-refractivity contribution in [1.29, 1.82) is 0 Å². The van der Waals surface area contributed by atoms with Gasteiger partial charge in [-0.3, -0.25) is 0 Å². The van der Waals surface area contributed by atoms with Crippen molar-refractivity contribution in [2.75, 3.05) is 0 Å². The van der Waals surface area contributed by atoms with E-state index in [1.807, 2.05) is 12.4 Å². The summed E-state index contributed by atoms with van der Waals surface area (Å²) in [6, 6.07) is 0.679. The van der Waals surface area contributed by atoms with Crippen LogP contribution in [-0.2, 0) is 13.6 Å². The predicted octanol–water partition coefficient (Wildman–Crippen LogP) is 2.58. The molecule has 3 nitrogen and oxygen atoms in total. The van der Waals surface area contributed by atoms with Crippen molar-refractivity contribution >= 4 is 0 Å². The molecule has 0 spiro atoms. The molecule has 0 amide bonds. The Hall–Kier alpha value is -0.830. The summed E-state index contributed by atoms with van der Waals surface area (Å²) < 4.78 is 2.10. The summed E-state index contributed by atoms with van der Waals surface area (Å²) >= 11 is 0. The lowest BCUT2D eigenvalue weighted by atomic mass is 9.45. The van der Waals surface area contributed by atoms with E-state index in [0.29, 0.717) is 11.5 Å². The van der Waals surface area contributed by atoms with Gasteiger partial charge in [0, 0.05) is 25.5 Å². The first-order valence-corrected chi connectivity index (χ1v) is 7.19. The summed E-state index contributed by atoms with van der Waals surface area (Å²) in [6.45, 7) is 8.24. The van der Waals surface area contributed by atoms with E-state index in [-0.39, 0.29) is 0 Å². The van der Waals surface area contributed by atoms with Gasteiger partial charge in [-0.15, -0.1) is 0 Å². The van der Waals surface area contributed by atoms with Crippen LogP contribution in [0.3, 0.4) is 0 Å². The Labute approximate surface area is 110 Å². The van der Waals surface area contributed by atoms with Gasteiger partial charge in [0.15, 0.2) is 0 Å². The van der Waals surface area contributed by atoms with E-state index >= 15 is 0 Å². The standard InChI is InChI=1S/C15H25N3/c1-10-12-7-11(15(12,2)3)8-13(10)17-9-14-16-5-6-18(14)4/h5-6,10-13,17H,7-9H2,1-4H3/t10-,11+,12-,13-/m1/s1. The molecule has 3 saturated carbocycles. The van der Waals surface area contributed by atoms with E-state index < -0.39 is 0 Å². The molecule has 4 atom stereocenters. The Kier molecular flexibility index (Phi) is 2.77. The second-order valence-electron chi connectivity index (χ2n) is 6.90. The van der Waals surface area contributed by atoms with Crippen LogP contribution >= 0.6 is 0 Å². The van der Waals surface area contributed by atoms with Crippen LogP contribution in [0.5, 0.6) is 0 Å². The summed E-state index contributed by atoms with van der Waals surface area (Å²) in [5, 5.41) is 3.73. The van der Waals surface area contributed by atoms with E-state index in [4.69, 9.17) is 0 Å². The molecule has 0 aliphatic heterocycles. The number of imidazole rings is 1. The number of hydrogen-bond acceptors (Lipinski definition) is 2. The van der Waals surface area contributed by atoms with Crippen molar-refractivity contribution in [3.05, 3.63) is 18.2 Å². The van der Waals surface area contributed by atoms with Crippen LogP contribution in [-0.4, -0.2) is 15.6 Å². The molecule has 1 heterocycles. The Morgan fingerprint density at radius 2 is 2.22 bits per heavy atom. The minimum Gasteiger partial charge on any atom is -0.337 e. The maximum atomic E-state index is 4.38. The molecule has 0 radical (unpaired) electrons. The van der Waals surface area contributed by atoms with E-state index in [0.717, 1.165) is 30.1 Å². The number of rotatable bonds is 3. The van der Waals surface area contributed by atoms with Crippen molar-refractivity contribution in [3.63, 3.8) is 0 Å². The zero-order valence-corrected chi connectivity index (χ0v) is 12.0. The monoisotopic (exact) mass is 247 g/mol. The fraction of sp³-hybridized carbons (Fsp3) is 0.800. The molecule has 1 aromatic rings. The molecule has 3 aliphatic rings. The number of aromatic nitrogens is 2. The number of nitrogens with one attached hydrogen (secondary N) is 1. The number of fused-ring (bicyclic) bond motifs is 2. The van der Waals surface area contributed by atoms with E-state index in [1.54, 1.807) is 0 Å². The quantitative estimate of drug-likeness (QED) is 0.889. The van der Waals surface area contributed by atoms with Gasteiger partial charge in [0.1, 0.15) is 5.82 Å². The molecule has 1 N–H and O–H groups in total. The van der Waals surface area contributed by atoms with Crippen molar-refractivity contribution in [3.8, 4) is 0 Å². The van der Waals surface area contributed by atoms with Crippen LogP contribution < -0.4 is 5.32 Å². The molecule has 0 saturated heterocycles. The lowest BCUT2D eigenvalue weighted by molar-refractivity contribution is -0.115. The van der Waals surface area contributed by atoms with Gasteiger partial charge >= 0.3 is 0 Å². The van der Waals surface area contributed by atoms with Crippen LogP contribution in [0.2, 0.25) is 0 Å². The van der Waals surface area contributed by atoms with Gasteiger partial charge in [-0.2, -0.15) is 0 Å². The summed E-state index contributed by atoms with van der Waals surface area (Å²) in [4.78, 5) is 4.38. The Bertz CT molecular complexity index is 435. The number of nitrogens with zero attached hydrogens (tertiary/aromatic N) is 2. The van der Waals surface area contributed by atoms with Gasteiger partial charge in [-0.05, 0) is 36.0 Å². The maximum absolute atomic E-state index is 4.38. The fourth-order valence-electron chi connectivity index (χ4n) is 4.21. The molecule has 1 aromatic heterocycles. The van der Waals surface area contributed by atoms with Gasteiger partial charge < -0.3 is 9.88 Å². The highest BCUT2D eigenvalue weighted by atomic mass is 15.1. The lowest BCUT2D eigenvalue weighted by Crippen LogP contribution is -2.59. The van der Waals surface area contributed by atoms with E-state index in [2.05, 4.69) is 42.7 Å². The van der Waals surface area contributed by atoms with Crippen molar-refractivity contribution in [2.45, 2.75) is 46.2 Å². The normalized spacial score (nSPS) is 37.3. The molecular formula is C15H25N3. The van der Waals surface area contributed by atoms with E-state index in [9.17, 15) is 0 Å². The second-order valence-corrected chi connectivity index (χ2v) is 6.90. The lowest BCUT2D eigenvalue weighted by Gasteiger charge is -2.62. The maximum Gasteiger partial charge on any atom is 0.122 e. The zero-order chi connectivity index (χ0) is 12.9. The molecule has 2 bridgehead atoms. The topological polar surface area (TPSA) is 29.9 Å². The first kappa shape index (κ1) is 12.2. The molecule has 18 heavy (non-hydrogen) atoms. The minimum absolute atomic E-state index is 0.584. The average Bonchev–Trinajstić information content (AvgIpc) is 2.73. The summed E-state index contributed by atoms with van der Waals surface area (Å²) in [6.07, 6.45) is 6.69. The molecule has 3 heteroatoms. The molecular weight excluding hydrogens is 222 g/mol. The second kappa shape index (κ2) is 4.09. The third kappa shape index (κ3) is 1.71. The fourth-order valence-corrected chi connectivity index (χ4v) is 4.21. The van der Waals surface area contributed by atoms with Crippen molar-refractivity contribution in [1.82, 2.24) is 14.9 Å². The molecule has 3 aliphatic carbocycles. The highest BCUT2D eigenvalue weighted by Crippen LogP contribution is 2.61. The number of hydrogen-bond donors (Lipinski definition) is 1. The smallest absolute Gasteiger partial charge is 0.122 e. The first-order chi connectivity index (χ1) is 8.50. The highest BCUT2D eigenvalue weighted by Gasteiger charge is 2.55. The first-order valence-electron chi connectivity index (χ1n) is 7.19. The Balaban J connectivity index is 1.61. The third-order valence-corrected chi connectivity index (χ3v) is 5.80. The van der Waals surface area contributed by atoms with Crippen LogP contribution in [0.4, 0.5) is 0 Å². The Morgan fingerprint density at radius 3 is 2.78 bits per heavy atom. The van der Waals surface area contributed by atoms with Gasteiger partial charge in [-0.25, -0.2) is 4.98 Å². The van der Waals surface area contributed by atoms with Gasteiger partial charge in [0.25, 0.3) is 0 Å².